The minimum Gasteiger partial charge on any atom is -0.436 e. The third kappa shape index (κ3) is 2.08. The number of nitrogens with one attached hydrogen (secondary N) is 1. The minimum atomic E-state index is 0.673. The van der Waals surface area contributed by atoms with Gasteiger partial charge >= 0.3 is 0 Å². The summed E-state index contributed by atoms with van der Waals surface area (Å²) in [5.41, 5.74) is 6.19. The van der Waals surface area contributed by atoms with Gasteiger partial charge in [-0.15, -0.1) is 0 Å². The lowest BCUT2D eigenvalue weighted by Crippen LogP contribution is -1.86. The predicted molar refractivity (Wildman–Crippen MR) is 78.5 cm³/mol. The van der Waals surface area contributed by atoms with Crippen LogP contribution in [0.1, 0.15) is 11.1 Å². The largest absolute Gasteiger partial charge is 0.436 e. The van der Waals surface area contributed by atoms with Crippen LogP contribution in [0, 0.1) is 13.8 Å². The molecule has 0 saturated heterocycles. The average Bonchev–Trinajstić information content (AvgIpc) is 2.83. The highest BCUT2D eigenvalue weighted by Crippen LogP contribution is 2.27. The Morgan fingerprint density at radius 1 is 1.05 bits per heavy atom. The van der Waals surface area contributed by atoms with Gasteiger partial charge in [-0.25, -0.2) is 4.98 Å². The molecule has 19 heavy (non-hydrogen) atoms. The van der Waals surface area contributed by atoms with Gasteiger partial charge in [0.25, 0.3) is 0 Å². The molecule has 3 rings (SSSR count). The van der Waals surface area contributed by atoms with E-state index in [-0.39, 0.29) is 0 Å². The summed E-state index contributed by atoms with van der Waals surface area (Å²) in [5.74, 6) is 0.673. The lowest BCUT2D eigenvalue weighted by molar-refractivity contribution is 0.617. The van der Waals surface area contributed by atoms with Crippen LogP contribution in [0.4, 0.5) is 5.69 Å². The van der Waals surface area contributed by atoms with Crippen molar-refractivity contribution in [1.29, 1.82) is 0 Å². The van der Waals surface area contributed by atoms with Gasteiger partial charge in [0.15, 0.2) is 5.58 Å². The van der Waals surface area contributed by atoms with Crippen LogP contribution in [-0.2, 0) is 0 Å². The van der Waals surface area contributed by atoms with Crippen LogP contribution < -0.4 is 5.32 Å². The van der Waals surface area contributed by atoms with Crippen molar-refractivity contribution < 1.29 is 4.42 Å². The van der Waals surface area contributed by atoms with Crippen molar-refractivity contribution in [2.24, 2.45) is 0 Å². The zero-order chi connectivity index (χ0) is 13.4. The number of fused-ring (bicyclic) bond motifs is 1. The first-order valence-corrected chi connectivity index (χ1v) is 6.33. The molecule has 0 fully saturated rings. The van der Waals surface area contributed by atoms with E-state index in [1.54, 1.807) is 0 Å². The standard InChI is InChI=1S/C16H16N2O/c1-10-8-11(2)15-14(9-10)18-16(19-15)12-4-6-13(17-3)7-5-12/h4-9,17H,1-3H3. The number of rotatable bonds is 2. The van der Waals surface area contributed by atoms with Gasteiger partial charge in [-0.05, 0) is 55.3 Å². The molecule has 96 valence electrons. The molecule has 1 aromatic heterocycles. The van der Waals surface area contributed by atoms with Crippen LogP contribution in [-0.4, -0.2) is 12.0 Å². The number of hydrogen-bond donors (Lipinski definition) is 1. The second kappa shape index (κ2) is 4.43. The minimum absolute atomic E-state index is 0.673. The van der Waals surface area contributed by atoms with Gasteiger partial charge in [0.2, 0.25) is 5.89 Å². The number of hydrogen-bond acceptors (Lipinski definition) is 3. The Kier molecular flexibility index (Phi) is 2.75. The van der Waals surface area contributed by atoms with Gasteiger partial charge in [0, 0.05) is 18.3 Å². The molecule has 0 unspecified atom stereocenters. The van der Waals surface area contributed by atoms with Gasteiger partial charge in [-0.3, -0.25) is 0 Å². The molecule has 0 bridgehead atoms. The Balaban J connectivity index is 2.12. The molecule has 0 spiro atoms. The first-order valence-electron chi connectivity index (χ1n) is 6.33. The molecule has 0 radical (unpaired) electrons. The van der Waals surface area contributed by atoms with Crippen molar-refractivity contribution in [1.82, 2.24) is 4.98 Å². The fourth-order valence-electron chi connectivity index (χ4n) is 2.28. The maximum atomic E-state index is 5.88. The highest BCUT2D eigenvalue weighted by atomic mass is 16.3. The SMILES string of the molecule is CNc1ccc(-c2nc3cc(C)cc(C)c3o2)cc1. The lowest BCUT2D eigenvalue weighted by Gasteiger charge is -1.99. The van der Waals surface area contributed by atoms with Gasteiger partial charge in [0.05, 0.1) is 0 Å². The van der Waals surface area contributed by atoms with E-state index in [0.717, 1.165) is 27.9 Å². The second-order valence-electron chi connectivity index (χ2n) is 4.78. The van der Waals surface area contributed by atoms with Crippen LogP contribution in [0.5, 0.6) is 0 Å². The summed E-state index contributed by atoms with van der Waals surface area (Å²) in [7, 11) is 1.90. The third-order valence-electron chi connectivity index (χ3n) is 3.24. The maximum absolute atomic E-state index is 5.88. The van der Waals surface area contributed by atoms with E-state index >= 15 is 0 Å². The molecule has 1 N–H and O–H groups in total. The number of nitrogens with zero attached hydrogens (tertiary/aromatic N) is 1. The van der Waals surface area contributed by atoms with Crippen molar-refractivity contribution >= 4 is 16.8 Å². The summed E-state index contributed by atoms with van der Waals surface area (Å²) < 4.78 is 5.88. The lowest BCUT2D eigenvalue weighted by atomic mass is 10.1. The molecule has 0 amide bonds. The van der Waals surface area contributed by atoms with Crippen LogP contribution in [0.2, 0.25) is 0 Å². The second-order valence-corrected chi connectivity index (χ2v) is 4.78. The molecule has 0 aliphatic carbocycles. The Morgan fingerprint density at radius 2 is 1.79 bits per heavy atom. The van der Waals surface area contributed by atoms with Crippen molar-refractivity contribution in [3.8, 4) is 11.5 Å². The zero-order valence-corrected chi connectivity index (χ0v) is 11.3. The molecule has 3 heteroatoms. The molecule has 0 aliphatic rings. The van der Waals surface area contributed by atoms with E-state index in [4.69, 9.17) is 4.42 Å². The van der Waals surface area contributed by atoms with Crippen molar-refractivity contribution in [3.63, 3.8) is 0 Å². The predicted octanol–water partition coefficient (Wildman–Crippen LogP) is 4.15. The van der Waals surface area contributed by atoms with Crippen molar-refractivity contribution in [3.05, 3.63) is 47.5 Å². The fourth-order valence-corrected chi connectivity index (χ4v) is 2.28. The summed E-state index contributed by atoms with van der Waals surface area (Å²) in [5, 5.41) is 3.10. The highest BCUT2D eigenvalue weighted by molar-refractivity contribution is 5.80. The van der Waals surface area contributed by atoms with Crippen LogP contribution in [0.3, 0.4) is 0 Å². The van der Waals surface area contributed by atoms with E-state index in [1.165, 1.54) is 5.56 Å². The molecule has 0 atom stereocenters. The van der Waals surface area contributed by atoms with E-state index < -0.39 is 0 Å². The Labute approximate surface area is 112 Å². The summed E-state index contributed by atoms with van der Waals surface area (Å²) in [4.78, 5) is 4.57. The fraction of sp³-hybridized carbons (Fsp3) is 0.188. The maximum Gasteiger partial charge on any atom is 0.227 e. The number of anilines is 1. The molecule has 3 nitrogen and oxygen atoms in total. The molecule has 2 aromatic carbocycles. The van der Waals surface area contributed by atoms with E-state index in [1.807, 2.05) is 38.2 Å². The van der Waals surface area contributed by atoms with E-state index in [2.05, 4.69) is 29.4 Å². The Bertz CT molecular complexity index is 726. The Hall–Kier alpha value is -2.29. The first kappa shape index (κ1) is 11.8. The monoisotopic (exact) mass is 252 g/mol. The quantitative estimate of drug-likeness (QED) is 0.744. The van der Waals surface area contributed by atoms with E-state index in [9.17, 15) is 0 Å². The van der Waals surface area contributed by atoms with Gasteiger partial charge in [0.1, 0.15) is 5.52 Å². The summed E-state index contributed by atoms with van der Waals surface area (Å²) in [6, 6.07) is 12.2. The van der Waals surface area contributed by atoms with Gasteiger partial charge in [-0.2, -0.15) is 0 Å². The summed E-state index contributed by atoms with van der Waals surface area (Å²) in [6.07, 6.45) is 0. The van der Waals surface area contributed by atoms with Crippen LogP contribution in [0.15, 0.2) is 40.8 Å². The molecular weight excluding hydrogens is 236 g/mol. The highest BCUT2D eigenvalue weighted by Gasteiger charge is 2.10. The topological polar surface area (TPSA) is 38.1 Å². The Morgan fingerprint density at radius 3 is 2.47 bits per heavy atom. The molecule has 0 aliphatic heterocycles. The van der Waals surface area contributed by atoms with Crippen molar-refractivity contribution in [2.45, 2.75) is 13.8 Å². The van der Waals surface area contributed by atoms with E-state index in [0.29, 0.717) is 5.89 Å². The normalized spacial score (nSPS) is 10.9. The van der Waals surface area contributed by atoms with Crippen LogP contribution >= 0.6 is 0 Å². The average molecular weight is 252 g/mol. The molecule has 3 aromatic rings. The number of aryl methyl sites for hydroxylation is 2. The van der Waals surface area contributed by atoms with Crippen LogP contribution in [0.25, 0.3) is 22.6 Å². The zero-order valence-electron chi connectivity index (χ0n) is 11.3. The van der Waals surface area contributed by atoms with Gasteiger partial charge < -0.3 is 9.73 Å². The number of aromatic nitrogens is 1. The van der Waals surface area contributed by atoms with Crippen molar-refractivity contribution in [2.75, 3.05) is 12.4 Å². The first-order chi connectivity index (χ1) is 9.17. The molecule has 1 heterocycles. The third-order valence-corrected chi connectivity index (χ3v) is 3.24. The molecule has 0 saturated carbocycles. The van der Waals surface area contributed by atoms with Gasteiger partial charge in [-0.1, -0.05) is 6.07 Å². The number of oxazole rings is 1. The number of benzene rings is 2. The summed E-state index contributed by atoms with van der Waals surface area (Å²) in [6.45, 7) is 4.12. The molecular formula is C16H16N2O. The summed E-state index contributed by atoms with van der Waals surface area (Å²) >= 11 is 0. The smallest absolute Gasteiger partial charge is 0.227 e.